The predicted octanol–water partition coefficient (Wildman–Crippen LogP) is 6.71. The van der Waals surface area contributed by atoms with Crippen molar-refractivity contribution in [3.63, 3.8) is 0 Å². The Balaban J connectivity index is 0.647. The molecule has 0 spiro atoms. The third-order valence-electron chi connectivity index (χ3n) is 19.0. The number of allylic oxidation sites excluding steroid dienone is 4. The Bertz CT molecular complexity index is 5390. The Labute approximate surface area is 720 Å². The van der Waals surface area contributed by atoms with Gasteiger partial charge in [-0.15, -0.1) is 0 Å². The van der Waals surface area contributed by atoms with E-state index in [-0.39, 0.29) is 141 Å². The Morgan fingerprint density at radius 2 is 1.52 bits per heavy atom. The van der Waals surface area contributed by atoms with Crippen LogP contribution in [0.15, 0.2) is 112 Å². The lowest BCUT2D eigenvalue weighted by Gasteiger charge is -2.35. The zero-order chi connectivity index (χ0) is 89.8. The molecule has 44 nitrogen and oxygen atoms in total. The highest BCUT2D eigenvalue weighted by molar-refractivity contribution is 8.76. The molecule has 2 aromatic heterocycles. The first-order valence-corrected chi connectivity index (χ1v) is 48.8. The largest absolute Gasteiger partial charge is 0.491 e. The second-order valence-corrected chi connectivity index (χ2v) is 38.3. The summed E-state index contributed by atoms with van der Waals surface area (Å²) in [7, 11) is -20.9. The standard InChI is InChI=1S/C73H94N17O27P3S4/c1-48-36-58-49(14-7-26-88(58)28-10-34-123(104,105)106)38-56(48)69(57-39-50-15-8-27-89(59(50)40-60(57)91)29-11-35-124(107,108)109)54-17-3-4-18-55(54)73(96)87(2)25-9-19-63(92)79-24-33-122-121-32-20-64(93)78-22-23-80-72(95)51-12-5-16-53(37-51)112-45-66(84-86-76)111-31-30-110-44-65(94)77-21-6-13-52-42-90(71-68(52)70(74)81-46-82-71)67-41-61(113-47-83-85-75)62(115-67)43-114-119(100,101)117-120(102,103)116-118(97,98)99/h3-5,12,16-18,36-40,42,46,61-62,66-67H,7-11,14-15,19-35,41,43-45,47H2,1-2H3,(H,77,94)(H,78,93)(H,79,92)(H,80,95)(H,100,101)(H,102,103)(H2,74,81,82)(H2,97,98,99)(H,104,105,106)(H,107,108,109)/b69-57-/t61-,62-,66?,67-/m1/s1. The molecule has 4 aliphatic rings. The molecular formula is C73H94N17O27P3S4. The number of hydrogen-bond acceptors (Lipinski definition) is 30. The fourth-order valence-corrected chi connectivity index (χ4v) is 19.5. The third kappa shape index (κ3) is 31.1. The smallest absolute Gasteiger partial charge is 0.490 e. The number of rotatable bonds is 48. The van der Waals surface area contributed by atoms with Crippen LogP contribution in [0.3, 0.4) is 0 Å². The van der Waals surface area contributed by atoms with E-state index < -0.39 is 106 Å². The number of carbonyl (C=O) groups is 6. The van der Waals surface area contributed by atoms with Crippen molar-refractivity contribution in [1.82, 2.24) is 45.6 Å². The number of fused-ring (bicyclic) bond motifs is 3. The summed E-state index contributed by atoms with van der Waals surface area (Å²) in [5.74, 6) is 3.94. The zero-order valence-electron chi connectivity index (χ0n) is 67.1. The monoisotopic (exact) mass is 1860 g/mol. The molecule has 3 aliphatic heterocycles. The van der Waals surface area contributed by atoms with E-state index in [9.17, 15) is 83.7 Å². The average Bonchev–Trinajstić information content (AvgIpc) is 1.68. The summed E-state index contributed by atoms with van der Waals surface area (Å²) in [4.78, 5) is 137. The van der Waals surface area contributed by atoms with Gasteiger partial charge in [0.15, 0.2) is 12.0 Å². The molecule has 0 saturated carbocycles. The maximum absolute atomic E-state index is 14.7. The number of ketones is 1. The highest BCUT2D eigenvalue weighted by Gasteiger charge is 2.44. The van der Waals surface area contributed by atoms with E-state index in [4.69, 9.17) is 49.3 Å². The number of phosphoric acid groups is 3. The summed E-state index contributed by atoms with van der Waals surface area (Å²) in [6.45, 7) is 2.05. The number of ether oxygens (including phenoxy) is 5. The molecule has 9 rings (SSSR count). The van der Waals surface area contributed by atoms with Crippen molar-refractivity contribution >= 4 is 129 Å². The number of nitrogens with zero attached hydrogens (tertiary/aromatic N) is 12. The van der Waals surface area contributed by atoms with Crippen LogP contribution in [0.2, 0.25) is 0 Å². The minimum absolute atomic E-state index is 0.00768. The Hall–Kier alpha value is -9.33. The zero-order valence-corrected chi connectivity index (χ0v) is 73.0. The van der Waals surface area contributed by atoms with Gasteiger partial charge in [-0.05, 0) is 133 Å². The van der Waals surface area contributed by atoms with Gasteiger partial charge in [-0.3, -0.25) is 42.4 Å². The lowest BCUT2D eigenvalue weighted by atomic mass is 9.81. The fourth-order valence-electron chi connectivity index (χ4n) is 13.6. The SMILES string of the molecule is Cc1cc2c(cc1/C(=C1/C=C3CCCN(CCCS(=O)(=O)O)C3=CC1=O)c1ccccc1C(=O)N(C)CCCC(=O)NCCSSCCC(=O)NCCNC(=O)c1cccc(OCC(N=[N+]=[N-])OCCOCC(=O)NCC#Cc3cn([C@H]4C[C@@H](OCN=[N+]=[N-])[C@@H](COP(=O)(O)OP(=O)(O)OP(=O)(O)O)O4)c4ncnc(N)c34)c1)CCCN2CCCS(=O)(=O)O. The number of nitrogen functional groups attached to an aromatic ring is 1. The number of anilines is 2. The predicted molar refractivity (Wildman–Crippen MR) is 453 cm³/mol. The van der Waals surface area contributed by atoms with Crippen LogP contribution < -0.4 is 36.6 Å². The molecule has 5 aromatic rings. The molecule has 124 heavy (non-hydrogen) atoms. The van der Waals surface area contributed by atoms with Crippen LogP contribution in [0, 0.1) is 18.8 Å². The number of likely N-dealkylation sites (tertiary alicyclic amines) is 1. The average molecular weight is 1860 g/mol. The van der Waals surface area contributed by atoms with Crippen LogP contribution >= 0.6 is 45.1 Å². The number of piperidine rings is 1. The van der Waals surface area contributed by atoms with Crippen LogP contribution in [0.1, 0.15) is 113 Å². The van der Waals surface area contributed by atoms with E-state index in [1.807, 2.05) is 36.1 Å². The molecule has 1 aliphatic carbocycles. The van der Waals surface area contributed by atoms with Crippen molar-refractivity contribution in [3.8, 4) is 17.6 Å². The fraction of sp³-hybridized carbons (Fsp3) is 0.479. The van der Waals surface area contributed by atoms with E-state index >= 15 is 0 Å². The Morgan fingerprint density at radius 1 is 0.806 bits per heavy atom. The van der Waals surface area contributed by atoms with Crippen LogP contribution in [0.4, 0.5) is 11.5 Å². The van der Waals surface area contributed by atoms with E-state index in [0.29, 0.717) is 91.5 Å². The molecule has 3 unspecified atom stereocenters. The molecule has 672 valence electrons. The molecule has 5 amide bonds. The highest BCUT2D eigenvalue weighted by atomic mass is 33.1. The molecular weight excluding hydrogens is 1770 g/mol. The van der Waals surface area contributed by atoms with Gasteiger partial charge in [-0.25, -0.2) is 23.7 Å². The number of azide groups is 2. The van der Waals surface area contributed by atoms with Crippen LogP contribution in [-0.2, 0) is 91.6 Å². The molecule has 6 atom stereocenters. The molecule has 51 heteroatoms. The van der Waals surface area contributed by atoms with Crippen molar-refractivity contribution in [3.05, 3.63) is 162 Å². The van der Waals surface area contributed by atoms with Gasteiger partial charge in [0.2, 0.25) is 17.7 Å². The summed E-state index contributed by atoms with van der Waals surface area (Å²) < 4.78 is 143. The van der Waals surface area contributed by atoms with Gasteiger partial charge >= 0.3 is 23.5 Å². The highest BCUT2D eigenvalue weighted by Crippen LogP contribution is 2.66. The van der Waals surface area contributed by atoms with Crippen LogP contribution in [0.5, 0.6) is 5.75 Å². The molecule has 3 aromatic carbocycles. The van der Waals surface area contributed by atoms with Gasteiger partial charge in [-0.1, -0.05) is 67.9 Å². The Kier molecular flexibility index (Phi) is 37.1. The van der Waals surface area contributed by atoms with E-state index in [0.717, 1.165) is 47.1 Å². The van der Waals surface area contributed by atoms with E-state index in [2.05, 4.69) is 76.6 Å². The number of aryl methyl sites for hydroxylation is 2. The van der Waals surface area contributed by atoms with Crippen molar-refractivity contribution < 1.29 is 125 Å². The summed E-state index contributed by atoms with van der Waals surface area (Å²) >= 11 is 0. The maximum atomic E-state index is 14.7. The second-order valence-electron chi connectivity index (χ2n) is 28.1. The second kappa shape index (κ2) is 46.8. The molecule has 2 fully saturated rings. The lowest BCUT2D eigenvalue weighted by molar-refractivity contribution is -0.126. The first-order chi connectivity index (χ1) is 59.0. The molecule has 0 bridgehead atoms. The van der Waals surface area contributed by atoms with Crippen LogP contribution in [0.25, 0.3) is 37.5 Å². The number of amides is 5. The molecule has 12 N–H and O–H groups in total. The minimum Gasteiger partial charge on any atom is -0.491 e. The number of nitrogens with two attached hydrogens (primary N) is 1. The van der Waals surface area contributed by atoms with Crippen molar-refractivity contribution in [2.75, 3.05) is 139 Å². The number of phosphoric ester groups is 1. The number of hydrogen-bond donors (Lipinski definition) is 11. The van der Waals surface area contributed by atoms with Gasteiger partial charge in [-0.2, -0.15) is 25.5 Å². The van der Waals surface area contributed by atoms with Gasteiger partial charge in [0, 0.05) is 146 Å². The normalized spacial score (nSPS) is 17.5. The third-order valence-corrected chi connectivity index (χ3v) is 26.9. The first-order valence-electron chi connectivity index (χ1n) is 38.5. The number of aromatic nitrogens is 3. The number of nitrogens with one attached hydrogen (secondary N) is 4. The van der Waals surface area contributed by atoms with Gasteiger partial charge in [0.25, 0.3) is 32.1 Å². The van der Waals surface area contributed by atoms with Crippen molar-refractivity contribution in [2.45, 2.75) is 95.8 Å². The lowest BCUT2D eigenvalue weighted by Crippen LogP contribution is -2.34. The summed E-state index contributed by atoms with van der Waals surface area (Å²) in [5.41, 5.74) is 31.5. The molecule has 5 heterocycles. The van der Waals surface area contributed by atoms with Gasteiger partial charge in [0.1, 0.15) is 55.8 Å². The molecule has 2 saturated heterocycles. The number of benzene rings is 3. The van der Waals surface area contributed by atoms with Crippen LogP contribution in [-0.4, -0.2) is 252 Å². The first kappa shape index (κ1) is 98.5. The molecule has 0 radical (unpaired) electrons. The topological polar surface area (TPSA) is 629 Å². The van der Waals surface area contributed by atoms with E-state index in [1.54, 1.807) is 49.5 Å². The summed E-state index contributed by atoms with van der Waals surface area (Å²) in [6.07, 6.45) is 5.26. The van der Waals surface area contributed by atoms with Gasteiger partial charge < -0.3 is 89.5 Å². The van der Waals surface area contributed by atoms with Crippen molar-refractivity contribution in [1.29, 1.82) is 0 Å². The summed E-state index contributed by atoms with van der Waals surface area (Å²) in [6, 6.07) is 17.3. The van der Waals surface area contributed by atoms with Crippen molar-refractivity contribution in [2.24, 2.45) is 10.2 Å². The quantitative estimate of drug-likeness (QED) is 0.00222. The van der Waals surface area contributed by atoms with Gasteiger partial charge in [0.05, 0.1) is 54.9 Å². The number of carbonyl (C=O) groups excluding carboxylic acids is 6. The van der Waals surface area contributed by atoms with E-state index in [1.165, 1.54) is 43.3 Å². The Morgan fingerprint density at radius 3 is 2.26 bits per heavy atom. The minimum atomic E-state index is -5.84. The maximum Gasteiger partial charge on any atom is 0.490 e. The summed E-state index contributed by atoms with van der Waals surface area (Å²) in [5, 5.41) is 18.1.